The van der Waals surface area contributed by atoms with Crippen LogP contribution in [0.15, 0.2) is 29.2 Å². The monoisotopic (exact) mass is 252 g/mol. The molecule has 1 unspecified atom stereocenters. The number of Topliss-reactive ketones (excluding diaryl/α,β-unsaturated/α-hetero) is 1. The summed E-state index contributed by atoms with van der Waals surface area (Å²) in [6.45, 7) is 0. The molecule has 1 atom stereocenters. The lowest BCUT2D eigenvalue weighted by Crippen LogP contribution is -2.17. The third-order valence-corrected chi connectivity index (χ3v) is 4.37. The number of ketones is 1. The number of carbonyl (C=O) groups is 2. The molecule has 1 heterocycles. The Labute approximate surface area is 103 Å². The minimum atomic E-state index is -0.412. The summed E-state index contributed by atoms with van der Waals surface area (Å²) in [5.41, 5.74) is 1.06. The molecular formula is C12H12O2S2. The summed E-state index contributed by atoms with van der Waals surface area (Å²) in [7, 11) is 0. The fourth-order valence-corrected chi connectivity index (χ4v) is 2.98. The molecule has 0 radical (unpaired) electrons. The van der Waals surface area contributed by atoms with E-state index in [1.54, 1.807) is 11.8 Å². The first kappa shape index (κ1) is 11.7. The normalized spacial score (nSPS) is 20.4. The number of benzene rings is 1. The molecule has 2 rings (SSSR count). The molecule has 1 aromatic rings. The smallest absolute Gasteiger partial charge is 0.200 e. The van der Waals surface area contributed by atoms with Crippen molar-refractivity contribution in [3.05, 3.63) is 29.8 Å². The average Bonchev–Trinajstić information content (AvgIpc) is 2.62. The zero-order chi connectivity index (χ0) is 11.5. The van der Waals surface area contributed by atoms with Crippen LogP contribution in [0.2, 0.25) is 0 Å². The van der Waals surface area contributed by atoms with Gasteiger partial charge in [0.25, 0.3) is 0 Å². The van der Waals surface area contributed by atoms with Gasteiger partial charge in [0, 0.05) is 4.90 Å². The highest BCUT2D eigenvalue weighted by Crippen LogP contribution is 2.26. The van der Waals surface area contributed by atoms with E-state index in [2.05, 4.69) is 0 Å². The van der Waals surface area contributed by atoms with Crippen LogP contribution < -0.4 is 0 Å². The van der Waals surface area contributed by atoms with Gasteiger partial charge < -0.3 is 0 Å². The van der Waals surface area contributed by atoms with Crippen LogP contribution in [0.4, 0.5) is 0 Å². The maximum Gasteiger partial charge on any atom is 0.200 e. The molecule has 1 aliphatic rings. The Morgan fingerprint density at radius 1 is 1.31 bits per heavy atom. The molecule has 84 valence electrons. The summed E-state index contributed by atoms with van der Waals surface area (Å²) < 4.78 is 0. The van der Waals surface area contributed by atoms with Crippen LogP contribution in [0, 0.1) is 5.92 Å². The van der Waals surface area contributed by atoms with Gasteiger partial charge in [-0.15, -0.1) is 11.8 Å². The van der Waals surface area contributed by atoms with Crippen LogP contribution in [-0.2, 0) is 16.0 Å². The van der Waals surface area contributed by atoms with Crippen molar-refractivity contribution < 1.29 is 9.59 Å². The SMILES string of the molecule is CSc1ccc(CC2C(=O)CSC2=O)cc1. The highest BCUT2D eigenvalue weighted by atomic mass is 32.2. The van der Waals surface area contributed by atoms with E-state index < -0.39 is 5.92 Å². The first-order chi connectivity index (χ1) is 7.70. The Hall–Kier alpha value is -0.740. The molecule has 1 aliphatic heterocycles. The van der Waals surface area contributed by atoms with Crippen LogP contribution in [0.5, 0.6) is 0 Å². The second-order valence-corrected chi connectivity index (χ2v) is 5.54. The summed E-state index contributed by atoms with van der Waals surface area (Å²) in [6.07, 6.45) is 2.58. The Balaban J connectivity index is 2.08. The van der Waals surface area contributed by atoms with Gasteiger partial charge in [0.05, 0.1) is 11.7 Å². The zero-order valence-electron chi connectivity index (χ0n) is 8.93. The number of carbonyl (C=O) groups excluding carboxylic acids is 2. The van der Waals surface area contributed by atoms with E-state index in [0.717, 1.165) is 17.3 Å². The predicted octanol–water partition coefficient (Wildman–Crippen LogP) is 2.41. The van der Waals surface area contributed by atoms with E-state index in [0.29, 0.717) is 12.2 Å². The van der Waals surface area contributed by atoms with Gasteiger partial charge in [-0.05, 0) is 30.4 Å². The molecule has 16 heavy (non-hydrogen) atoms. The van der Waals surface area contributed by atoms with Crippen molar-refractivity contribution in [3.63, 3.8) is 0 Å². The molecule has 1 fully saturated rings. The zero-order valence-corrected chi connectivity index (χ0v) is 10.6. The van der Waals surface area contributed by atoms with Crippen molar-refractivity contribution >= 4 is 34.4 Å². The highest BCUT2D eigenvalue weighted by molar-refractivity contribution is 8.15. The van der Waals surface area contributed by atoms with Gasteiger partial charge in [-0.25, -0.2) is 0 Å². The van der Waals surface area contributed by atoms with Gasteiger partial charge in [0.2, 0.25) is 0 Å². The Kier molecular flexibility index (Phi) is 3.71. The number of hydrogen-bond acceptors (Lipinski definition) is 4. The number of hydrogen-bond donors (Lipinski definition) is 0. The van der Waals surface area contributed by atoms with Crippen molar-refractivity contribution in [3.8, 4) is 0 Å². The Morgan fingerprint density at radius 2 is 2.00 bits per heavy atom. The molecule has 0 aliphatic carbocycles. The fraction of sp³-hybridized carbons (Fsp3) is 0.333. The first-order valence-corrected chi connectivity index (χ1v) is 7.24. The lowest BCUT2D eigenvalue weighted by molar-refractivity contribution is -0.125. The largest absolute Gasteiger partial charge is 0.298 e. The molecule has 0 bridgehead atoms. The number of thioether (sulfide) groups is 2. The number of rotatable bonds is 3. The molecule has 2 nitrogen and oxygen atoms in total. The quantitative estimate of drug-likeness (QED) is 0.611. The molecular weight excluding hydrogens is 240 g/mol. The van der Waals surface area contributed by atoms with Crippen LogP contribution >= 0.6 is 23.5 Å². The molecule has 0 saturated carbocycles. The topological polar surface area (TPSA) is 34.1 Å². The maximum absolute atomic E-state index is 11.5. The molecule has 0 N–H and O–H groups in total. The van der Waals surface area contributed by atoms with Gasteiger partial charge >= 0.3 is 0 Å². The molecule has 0 amide bonds. The van der Waals surface area contributed by atoms with Crippen LogP contribution in [0.25, 0.3) is 0 Å². The van der Waals surface area contributed by atoms with Crippen molar-refractivity contribution in [1.29, 1.82) is 0 Å². The van der Waals surface area contributed by atoms with Gasteiger partial charge in [-0.2, -0.15) is 0 Å². The van der Waals surface area contributed by atoms with Gasteiger partial charge in [0.1, 0.15) is 0 Å². The minimum Gasteiger partial charge on any atom is -0.298 e. The van der Waals surface area contributed by atoms with Crippen molar-refractivity contribution in [2.24, 2.45) is 5.92 Å². The summed E-state index contributed by atoms with van der Waals surface area (Å²) in [5.74, 6) is 0.0147. The van der Waals surface area contributed by atoms with Gasteiger partial charge in [-0.3, -0.25) is 9.59 Å². The lowest BCUT2D eigenvalue weighted by Gasteiger charge is -2.06. The van der Waals surface area contributed by atoms with E-state index >= 15 is 0 Å². The third kappa shape index (κ3) is 2.50. The lowest BCUT2D eigenvalue weighted by atomic mass is 9.97. The average molecular weight is 252 g/mol. The highest BCUT2D eigenvalue weighted by Gasteiger charge is 2.33. The van der Waals surface area contributed by atoms with Crippen LogP contribution in [0.1, 0.15) is 5.56 Å². The molecule has 1 aromatic carbocycles. The second-order valence-electron chi connectivity index (χ2n) is 3.68. The fourth-order valence-electron chi connectivity index (χ4n) is 1.67. The third-order valence-electron chi connectivity index (χ3n) is 2.63. The van der Waals surface area contributed by atoms with E-state index in [1.165, 1.54) is 4.90 Å². The van der Waals surface area contributed by atoms with E-state index in [-0.39, 0.29) is 10.9 Å². The predicted molar refractivity (Wildman–Crippen MR) is 67.9 cm³/mol. The van der Waals surface area contributed by atoms with Crippen molar-refractivity contribution in [2.75, 3.05) is 12.0 Å². The second kappa shape index (κ2) is 5.06. The molecule has 0 spiro atoms. The molecule has 0 aromatic heterocycles. The first-order valence-electron chi connectivity index (χ1n) is 5.03. The van der Waals surface area contributed by atoms with Gasteiger partial charge in [0.15, 0.2) is 10.9 Å². The van der Waals surface area contributed by atoms with Gasteiger partial charge in [-0.1, -0.05) is 23.9 Å². The summed E-state index contributed by atoms with van der Waals surface area (Å²) in [6, 6.07) is 8.04. The van der Waals surface area contributed by atoms with Crippen molar-refractivity contribution in [2.45, 2.75) is 11.3 Å². The Morgan fingerprint density at radius 3 is 2.50 bits per heavy atom. The van der Waals surface area contributed by atoms with E-state index in [1.807, 2.05) is 30.5 Å². The van der Waals surface area contributed by atoms with Crippen molar-refractivity contribution in [1.82, 2.24) is 0 Å². The summed E-state index contributed by atoms with van der Waals surface area (Å²) >= 11 is 2.83. The molecule has 1 saturated heterocycles. The maximum atomic E-state index is 11.5. The van der Waals surface area contributed by atoms with Crippen LogP contribution in [0.3, 0.4) is 0 Å². The standard InChI is InChI=1S/C12H12O2S2/c1-15-9-4-2-8(3-5-9)6-10-11(13)7-16-12(10)14/h2-5,10H,6-7H2,1H3. The van der Waals surface area contributed by atoms with Crippen LogP contribution in [-0.4, -0.2) is 22.9 Å². The van der Waals surface area contributed by atoms with E-state index in [4.69, 9.17) is 0 Å². The Bertz CT molecular complexity index is 396. The summed E-state index contributed by atoms with van der Waals surface area (Å²) in [5, 5.41) is 0.0268. The summed E-state index contributed by atoms with van der Waals surface area (Å²) in [4.78, 5) is 24.1. The van der Waals surface area contributed by atoms with E-state index in [9.17, 15) is 9.59 Å². The molecule has 4 heteroatoms. The minimum absolute atomic E-state index is 0.0268.